The molecule has 0 aromatic heterocycles. The highest BCUT2D eigenvalue weighted by atomic mass is 35.5. The summed E-state index contributed by atoms with van der Waals surface area (Å²) < 4.78 is 19.1. The number of amides is 1. The smallest absolute Gasteiger partial charge is 0.248 e. The Labute approximate surface area is 126 Å². The predicted molar refractivity (Wildman–Crippen MR) is 80.2 cm³/mol. The van der Waals surface area contributed by atoms with E-state index in [0.717, 1.165) is 6.07 Å². The van der Waals surface area contributed by atoms with E-state index in [0.29, 0.717) is 22.0 Å². The molecule has 0 saturated carbocycles. The lowest BCUT2D eigenvalue weighted by molar-refractivity contribution is 0.1000. The topological polar surface area (TPSA) is 64.3 Å². The molecule has 0 aliphatic carbocycles. The summed E-state index contributed by atoms with van der Waals surface area (Å²) >= 11 is 5.92. The third kappa shape index (κ3) is 3.64. The quantitative estimate of drug-likeness (QED) is 0.891. The predicted octanol–water partition coefficient (Wildman–Crippen LogP) is 3.20. The first-order valence-corrected chi connectivity index (χ1v) is 6.54. The van der Waals surface area contributed by atoms with Crippen LogP contribution in [0.3, 0.4) is 0 Å². The molecule has 0 saturated heterocycles. The fourth-order valence-electron chi connectivity index (χ4n) is 1.85. The molecule has 6 heteroatoms. The molecule has 0 unspecified atom stereocenters. The van der Waals surface area contributed by atoms with Crippen LogP contribution < -0.4 is 15.8 Å². The lowest BCUT2D eigenvalue weighted by Crippen LogP contribution is -2.12. The van der Waals surface area contributed by atoms with Gasteiger partial charge in [0.25, 0.3) is 0 Å². The van der Waals surface area contributed by atoms with Crippen molar-refractivity contribution in [1.82, 2.24) is 0 Å². The zero-order chi connectivity index (χ0) is 15.4. The van der Waals surface area contributed by atoms with E-state index < -0.39 is 11.7 Å². The van der Waals surface area contributed by atoms with E-state index in [1.54, 1.807) is 18.2 Å². The summed E-state index contributed by atoms with van der Waals surface area (Å²) in [5, 5.41) is 3.59. The molecule has 2 aromatic rings. The molecule has 0 bridgehead atoms. The van der Waals surface area contributed by atoms with Crippen molar-refractivity contribution in [2.24, 2.45) is 5.73 Å². The number of hydrogen-bond acceptors (Lipinski definition) is 3. The molecule has 2 aromatic carbocycles. The number of carbonyl (C=O) groups excluding carboxylic acids is 1. The van der Waals surface area contributed by atoms with Crippen molar-refractivity contribution in [2.75, 3.05) is 12.4 Å². The summed E-state index contributed by atoms with van der Waals surface area (Å²) in [6, 6.07) is 9.23. The van der Waals surface area contributed by atoms with Crippen molar-refractivity contribution in [3.63, 3.8) is 0 Å². The molecule has 0 atom stereocenters. The van der Waals surface area contributed by atoms with Crippen LogP contribution in [0.15, 0.2) is 36.4 Å². The molecule has 0 aliphatic heterocycles. The fraction of sp³-hybridized carbons (Fsp3) is 0.133. The maximum absolute atomic E-state index is 13.9. The molecule has 1 amide bonds. The van der Waals surface area contributed by atoms with E-state index in [1.165, 1.54) is 19.2 Å². The normalized spacial score (nSPS) is 10.2. The molecule has 21 heavy (non-hydrogen) atoms. The number of anilines is 1. The number of nitrogens with two attached hydrogens (primary N) is 1. The van der Waals surface area contributed by atoms with Crippen LogP contribution in [-0.2, 0) is 6.54 Å². The highest BCUT2D eigenvalue weighted by Gasteiger charge is 2.08. The number of nitrogens with one attached hydrogen (secondary N) is 1. The SMILES string of the molecule is COc1ccc(Cl)cc1NCc1ccc(C(N)=O)cc1F. The van der Waals surface area contributed by atoms with Gasteiger partial charge in [-0.25, -0.2) is 4.39 Å². The van der Waals surface area contributed by atoms with Gasteiger partial charge in [0.1, 0.15) is 11.6 Å². The average Bonchev–Trinajstić information content (AvgIpc) is 2.46. The van der Waals surface area contributed by atoms with Gasteiger partial charge >= 0.3 is 0 Å². The van der Waals surface area contributed by atoms with Gasteiger partial charge in [-0.3, -0.25) is 4.79 Å². The van der Waals surface area contributed by atoms with Crippen LogP contribution in [0.2, 0.25) is 5.02 Å². The van der Waals surface area contributed by atoms with E-state index in [1.807, 2.05) is 0 Å². The average molecular weight is 309 g/mol. The largest absolute Gasteiger partial charge is 0.495 e. The van der Waals surface area contributed by atoms with E-state index in [-0.39, 0.29) is 12.1 Å². The van der Waals surface area contributed by atoms with Crippen molar-refractivity contribution in [3.05, 3.63) is 58.4 Å². The summed E-state index contributed by atoms with van der Waals surface area (Å²) in [5.41, 5.74) is 6.30. The number of primary amides is 1. The second kappa shape index (κ2) is 6.45. The number of ether oxygens (including phenoxy) is 1. The number of hydrogen-bond donors (Lipinski definition) is 2. The maximum Gasteiger partial charge on any atom is 0.248 e. The van der Waals surface area contributed by atoms with Crippen LogP contribution in [-0.4, -0.2) is 13.0 Å². The van der Waals surface area contributed by atoms with Crippen LogP contribution >= 0.6 is 11.6 Å². The summed E-state index contributed by atoms with van der Waals surface area (Å²) in [4.78, 5) is 11.0. The van der Waals surface area contributed by atoms with E-state index in [4.69, 9.17) is 22.1 Å². The lowest BCUT2D eigenvalue weighted by atomic mass is 10.1. The van der Waals surface area contributed by atoms with E-state index >= 15 is 0 Å². The summed E-state index contributed by atoms with van der Waals surface area (Å²) in [7, 11) is 1.54. The van der Waals surface area contributed by atoms with Crippen LogP contribution in [0.4, 0.5) is 10.1 Å². The molecule has 3 N–H and O–H groups in total. The third-order valence-corrected chi connectivity index (χ3v) is 3.20. The van der Waals surface area contributed by atoms with Crippen molar-refractivity contribution >= 4 is 23.2 Å². The molecule has 4 nitrogen and oxygen atoms in total. The fourth-order valence-corrected chi connectivity index (χ4v) is 2.02. The van der Waals surface area contributed by atoms with Crippen molar-refractivity contribution < 1.29 is 13.9 Å². The first-order chi connectivity index (χ1) is 10.0. The number of halogens is 2. The Morgan fingerprint density at radius 3 is 2.71 bits per heavy atom. The van der Waals surface area contributed by atoms with Gasteiger partial charge in [-0.05, 0) is 30.3 Å². The second-order valence-electron chi connectivity index (χ2n) is 4.37. The second-order valence-corrected chi connectivity index (χ2v) is 4.81. The highest BCUT2D eigenvalue weighted by Crippen LogP contribution is 2.28. The van der Waals surface area contributed by atoms with Gasteiger partial charge in [-0.2, -0.15) is 0 Å². The molecule has 0 spiro atoms. The Morgan fingerprint density at radius 1 is 1.33 bits per heavy atom. The number of rotatable bonds is 5. The monoisotopic (exact) mass is 308 g/mol. The van der Waals surface area contributed by atoms with Crippen molar-refractivity contribution in [2.45, 2.75) is 6.54 Å². The van der Waals surface area contributed by atoms with Gasteiger partial charge in [0.05, 0.1) is 12.8 Å². The van der Waals surface area contributed by atoms with Gasteiger partial charge in [-0.15, -0.1) is 0 Å². The van der Waals surface area contributed by atoms with Gasteiger partial charge in [0.15, 0.2) is 0 Å². The lowest BCUT2D eigenvalue weighted by Gasteiger charge is -2.12. The number of carbonyl (C=O) groups is 1. The Kier molecular flexibility index (Phi) is 4.65. The minimum absolute atomic E-state index is 0.136. The van der Waals surface area contributed by atoms with Crippen molar-refractivity contribution in [1.29, 1.82) is 0 Å². The van der Waals surface area contributed by atoms with E-state index in [9.17, 15) is 9.18 Å². The molecule has 110 valence electrons. The van der Waals surface area contributed by atoms with Crippen LogP contribution in [0, 0.1) is 5.82 Å². The van der Waals surface area contributed by atoms with Crippen LogP contribution in [0.5, 0.6) is 5.75 Å². The van der Waals surface area contributed by atoms with Gasteiger partial charge in [-0.1, -0.05) is 17.7 Å². The maximum atomic E-state index is 13.9. The molecular weight excluding hydrogens is 295 g/mol. The van der Waals surface area contributed by atoms with E-state index in [2.05, 4.69) is 5.32 Å². The Balaban J connectivity index is 2.17. The van der Waals surface area contributed by atoms with Crippen LogP contribution in [0.25, 0.3) is 0 Å². The van der Waals surface area contributed by atoms with Gasteiger partial charge < -0.3 is 15.8 Å². The third-order valence-electron chi connectivity index (χ3n) is 2.97. The Hall–Kier alpha value is -2.27. The first kappa shape index (κ1) is 15.1. The number of benzene rings is 2. The molecule has 0 aliphatic rings. The minimum Gasteiger partial charge on any atom is -0.495 e. The summed E-state index contributed by atoms with van der Waals surface area (Å²) in [6.45, 7) is 0.224. The number of methoxy groups -OCH3 is 1. The molecule has 0 heterocycles. The Morgan fingerprint density at radius 2 is 2.10 bits per heavy atom. The Bertz CT molecular complexity index is 677. The van der Waals surface area contributed by atoms with Gasteiger partial charge in [0, 0.05) is 22.7 Å². The molecule has 2 rings (SSSR count). The first-order valence-electron chi connectivity index (χ1n) is 6.17. The minimum atomic E-state index is -0.662. The zero-order valence-electron chi connectivity index (χ0n) is 11.3. The van der Waals surface area contributed by atoms with Crippen LogP contribution in [0.1, 0.15) is 15.9 Å². The highest BCUT2D eigenvalue weighted by molar-refractivity contribution is 6.30. The molecule has 0 fully saturated rings. The summed E-state index contributed by atoms with van der Waals surface area (Å²) in [5.74, 6) is -0.557. The summed E-state index contributed by atoms with van der Waals surface area (Å²) in [6.07, 6.45) is 0. The van der Waals surface area contributed by atoms with Crippen molar-refractivity contribution in [3.8, 4) is 5.75 Å². The zero-order valence-corrected chi connectivity index (χ0v) is 12.1. The standard InChI is InChI=1S/C15H14ClFN2O2/c1-21-14-5-4-11(16)7-13(14)19-8-10-3-2-9(15(18)20)6-12(10)17/h2-7,19H,8H2,1H3,(H2,18,20). The molecule has 0 radical (unpaired) electrons. The molecular formula is C15H14ClFN2O2. The van der Waals surface area contributed by atoms with Gasteiger partial charge in [0.2, 0.25) is 5.91 Å².